The molecule has 0 unspecified atom stereocenters. The van der Waals surface area contributed by atoms with E-state index < -0.39 is 12.4 Å². The summed E-state index contributed by atoms with van der Waals surface area (Å²) in [7, 11) is 0. The standard InChI is InChI=1S/C6H6O4/c1-2-3-8-5-4-9-6(7)10-5/h1,5H,3-4H2/t5-/m1/s1. The first kappa shape index (κ1) is 6.90. The average molecular weight is 142 g/mol. The Hall–Kier alpha value is -1.21. The Bertz CT molecular complexity index is 169. The Morgan fingerprint density at radius 3 is 3.20 bits per heavy atom. The van der Waals surface area contributed by atoms with Crippen molar-refractivity contribution in [3.05, 3.63) is 0 Å². The molecule has 0 spiro atoms. The fourth-order valence-electron chi connectivity index (χ4n) is 0.535. The SMILES string of the molecule is C#CCO[C@H]1COC(=O)O1. The zero-order valence-corrected chi connectivity index (χ0v) is 5.20. The number of carbonyl (C=O) groups is 1. The van der Waals surface area contributed by atoms with Gasteiger partial charge in [-0.2, -0.15) is 0 Å². The first-order valence-electron chi connectivity index (χ1n) is 2.71. The summed E-state index contributed by atoms with van der Waals surface area (Å²) in [4.78, 5) is 10.2. The van der Waals surface area contributed by atoms with Crippen molar-refractivity contribution in [3.8, 4) is 12.3 Å². The molecule has 1 fully saturated rings. The molecule has 0 aromatic rings. The molecule has 1 atom stereocenters. The van der Waals surface area contributed by atoms with Gasteiger partial charge in [0.1, 0.15) is 6.61 Å². The zero-order chi connectivity index (χ0) is 7.40. The second-order valence-electron chi connectivity index (χ2n) is 1.62. The predicted molar refractivity (Wildman–Crippen MR) is 31.0 cm³/mol. The molecule has 0 aromatic heterocycles. The van der Waals surface area contributed by atoms with Crippen LogP contribution in [-0.2, 0) is 14.2 Å². The predicted octanol–water partition coefficient (Wildman–Crippen LogP) is 0.129. The van der Waals surface area contributed by atoms with Crippen molar-refractivity contribution in [3.63, 3.8) is 0 Å². The van der Waals surface area contributed by atoms with Crippen LogP contribution in [0.5, 0.6) is 0 Å². The minimum atomic E-state index is -0.706. The van der Waals surface area contributed by atoms with Gasteiger partial charge >= 0.3 is 6.16 Å². The summed E-state index contributed by atoms with van der Waals surface area (Å²) in [5.41, 5.74) is 0. The van der Waals surface area contributed by atoms with Crippen LogP contribution in [0, 0.1) is 12.3 Å². The van der Waals surface area contributed by atoms with Crippen LogP contribution in [0.15, 0.2) is 0 Å². The van der Waals surface area contributed by atoms with Crippen molar-refractivity contribution in [1.82, 2.24) is 0 Å². The van der Waals surface area contributed by atoms with Gasteiger partial charge in [-0.3, -0.25) is 0 Å². The third-order valence-electron chi connectivity index (χ3n) is 0.917. The van der Waals surface area contributed by atoms with Crippen LogP contribution in [0.4, 0.5) is 4.79 Å². The second-order valence-corrected chi connectivity index (χ2v) is 1.62. The number of carbonyl (C=O) groups excluding carboxylic acids is 1. The summed E-state index contributed by atoms with van der Waals surface area (Å²) in [6.45, 7) is 0.252. The van der Waals surface area contributed by atoms with Crippen LogP contribution in [0.2, 0.25) is 0 Å². The van der Waals surface area contributed by atoms with E-state index in [0.717, 1.165) is 0 Å². The summed E-state index contributed by atoms with van der Waals surface area (Å²) in [6.07, 6.45) is 3.56. The van der Waals surface area contributed by atoms with E-state index in [0.29, 0.717) is 0 Å². The van der Waals surface area contributed by atoms with Crippen molar-refractivity contribution in [2.75, 3.05) is 13.2 Å². The molecule has 0 aromatic carbocycles. The Kier molecular flexibility index (Phi) is 2.13. The molecule has 1 rings (SSSR count). The van der Waals surface area contributed by atoms with Crippen LogP contribution >= 0.6 is 0 Å². The summed E-state index contributed by atoms with van der Waals surface area (Å²) >= 11 is 0. The van der Waals surface area contributed by atoms with Gasteiger partial charge in [-0.1, -0.05) is 5.92 Å². The lowest BCUT2D eigenvalue weighted by molar-refractivity contribution is -0.0641. The molecule has 0 amide bonds. The van der Waals surface area contributed by atoms with E-state index in [9.17, 15) is 4.79 Å². The summed E-state index contributed by atoms with van der Waals surface area (Å²) < 4.78 is 13.7. The van der Waals surface area contributed by atoms with Crippen LogP contribution < -0.4 is 0 Å². The van der Waals surface area contributed by atoms with Gasteiger partial charge in [0.25, 0.3) is 0 Å². The molecule has 1 saturated heterocycles. The van der Waals surface area contributed by atoms with E-state index in [4.69, 9.17) is 11.2 Å². The van der Waals surface area contributed by atoms with Crippen molar-refractivity contribution >= 4 is 6.16 Å². The smallest absolute Gasteiger partial charge is 0.428 e. The van der Waals surface area contributed by atoms with E-state index in [-0.39, 0.29) is 13.2 Å². The van der Waals surface area contributed by atoms with Crippen LogP contribution in [0.3, 0.4) is 0 Å². The van der Waals surface area contributed by atoms with Crippen molar-refractivity contribution < 1.29 is 19.0 Å². The molecule has 54 valence electrons. The lowest BCUT2D eigenvalue weighted by atomic mass is 10.7. The molecule has 1 aliphatic heterocycles. The number of hydrogen-bond acceptors (Lipinski definition) is 4. The molecule has 1 heterocycles. The Morgan fingerprint density at radius 2 is 2.70 bits per heavy atom. The fourth-order valence-corrected chi connectivity index (χ4v) is 0.535. The highest BCUT2D eigenvalue weighted by atomic mass is 16.8. The highest BCUT2D eigenvalue weighted by molar-refractivity contribution is 5.61. The largest absolute Gasteiger partial charge is 0.510 e. The summed E-state index contributed by atoms with van der Waals surface area (Å²) in [5, 5.41) is 0. The van der Waals surface area contributed by atoms with Crippen LogP contribution in [0.1, 0.15) is 0 Å². The number of ether oxygens (including phenoxy) is 3. The van der Waals surface area contributed by atoms with E-state index in [1.54, 1.807) is 0 Å². The van der Waals surface area contributed by atoms with Crippen molar-refractivity contribution in [2.45, 2.75) is 6.29 Å². The van der Waals surface area contributed by atoms with Gasteiger partial charge in [-0.05, 0) is 0 Å². The molecule has 4 heteroatoms. The number of rotatable bonds is 2. The summed E-state index contributed by atoms with van der Waals surface area (Å²) in [5.74, 6) is 2.24. The normalized spacial score (nSPS) is 23.1. The number of terminal acetylenes is 1. The van der Waals surface area contributed by atoms with Gasteiger partial charge in [-0.15, -0.1) is 6.42 Å². The Morgan fingerprint density at radius 1 is 1.90 bits per heavy atom. The molecular formula is C6H6O4. The molecule has 4 nitrogen and oxygen atoms in total. The number of cyclic esters (lactones) is 2. The topological polar surface area (TPSA) is 44.8 Å². The number of hydrogen-bond donors (Lipinski definition) is 0. The van der Waals surface area contributed by atoms with E-state index in [1.165, 1.54) is 0 Å². The van der Waals surface area contributed by atoms with Crippen molar-refractivity contribution in [2.24, 2.45) is 0 Å². The van der Waals surface area contributed by atoms with E-state index >= 15 is 0 Å². The molecule has 0 saturated carbocycles. The minimum Gasteiger partial charge on any atom is -0.428 e. The van der Waals surface area contributed by atoms with Gasteiger partial charge in [-0.25, -0.2) is 4.79 Å². The molecule has 10 heavy (non-hydrogen) atoms. The molecular weight excluding hydrogens is 136 g/mol. The van der Waals surface area contributed by atoms with Gasteiger partial charge in [0, 0.05) is 0 Å². The lowest BCUT2D eigenvalue weighted by Gasteiger charge is -2.02. The van der Waals surface area contributed by atoms with Gasteiger partial charge in [0.15, 0.2) is 6.61 Å². The lowest BCUT2D eigenvalue weighted by Crippen LogP contribution is -2.14. The Balaban J connectivity index is 2.20. The van der Waals surface area contributed by atoms with Crippen molar-refractivity contribution in [1.29, 1.82) is 0 Å². The maximum atomic E-state index is 10.2. The average Bonchev–Trinajstić information content (AvgIpc) is 2.31. The van der Waals surface area contributed by atoms with E-state index in [1.807, 2.05) is 0 Å². The first-order valence-corrected chi connectivity index (χ1v) is 2.71. The molecule has 0 radical (unpaired) electrons. The summed E-state index contributed by atoms with van der Waals surface area (Å²) in [6, 6.07) is 0. The van der Waals surface area contributed by atoms with E-state index in [2.05, 4.69) is 15.4 Å². The third kappa shape index (κ3) is 1.64. The molecule has 0 N–H and O–H groups in total. The first-order chi connectivity index (χ1) is 4.83. The third-order valence-corrected chi connectivity index (χ3v) is 0.917. The quantitative estimate of drug-likeness (QED) is 0.406. The second kappa shape index (κ2) is 3.08. The molecule has 0 bridgehead atoms. The fraction of sp³-hybridized carbons (Fsp3) is 0.500. The maximum absolute atomic E-state index is 10.2. The minimum absolute atomic E-state index is 0.126. The van der Waals surface area contributed by atoms with Crippen LogP contribution in [0.25, 0.3) is 0 Å². The highest BCUT2D eigenvalue weighted by Crippen LogP contribution is 2.06. The molecule has 0 aliphatic carbocycles. The Labute approximate surface area is 58.1 Å². The molecule has 1 aliphatic rings. The zero-order valence-electron chi connectivity index (χ0n) is 5.20. The van der Waals surface area contributed by atoms with Crippen LogP contribution in [-0.4, -0.2) is 25.7 Å². The van der Waals surface area contributed by atoms with Gasteiger partial charge in [0.05, 0.1) is 0 Å². The maximum Gasteiger partial charge on any atom is 0.510 e. The highest BCUT2D eigenvalue weighted by Gasteiger charge is 2.24. The van der Waals surface area contributed by atoms with Gasteiger partial charge in [0.2, 0.25) is 6.29 Å². The van der Waals surface area contributed by atoms with Gasteiger partial charge < -0.3 is 14.2 Å². The monoisotopic (exact) mass is 142 g/mol.